The van der Waals surface area contributed by atoms with E-state index in [4.69, 9.17) is 0 Å². The SMILES string of the molecule is C=CCC1CCC(CC=C)N1CC=C. The topological polar surface area (TPSA) is 3.24 Å². The molecule has 2 atom stereocenters. The van der Waals surface area contributed by atoms with Gasteiger partial charge in [0.2, 0.25) is 0 Å². The predicted octanol–water partition coefficient (Wildman–Crippen LogP) is 3.16. The van der Waals surface area contributed by atoms with Crippen molar-refractivity contribution in [3.8, 4) is 0 Å². The average molecular weight is 191 g/mol. The van der Waals surface area contributed by atoms with Crippen molar-refractivity contribution in [3.05, 3.63) is 38.0 Å². The number of hydrogen-bond acceptors (Lipinski definition) is 1. The summed E-state index contributed by atoms with van der Waals surface area (Å²) in [5.74, 6) is 0. The lowest BCUT2D eigenvalue weighted by atomic mass is 10.1. The van der Waals surface area contributed by atoms with Crippen LogP contribution in [0, 0.1) is 0 Å². The van der Waals surface area contributed by atoms with E-state index in [2.05, 4.69) is 24.6 Å². The third-order valence-corrected chi connectivity index (χ3v) is 2.99. The lowest BCUT2D eigenvalue weighted by molar-refractivity contribution is 0.216. The van der Waals surface area contributed by atoms with Crippen LogP contribution in [0.5, 0.6) is 0 Å². The summed E-state index contributed by atoms with van der Waals surface area (Å²) in [5, 5.41) is 0. The molecule has 0 spiro atoms. The molecule has 1 aliphatic heterocycles. The Kier molecular flexibility index (Phi) is 4.68. The summed E-state index contributed by atoms with van der Waals surface area (Å²) in [6, 6.07) is 1.35. The molecule has 14 heavy (non-hydrogen) atoms. The highest BCUT2D eigenvalue weighted by atomic mass is 15.2. The fraction of sp³-hybridized carbons (Fsp3) is 0.538. The minimum Gasteiger partial charge on any atom is -0.293 e. The summed E-state index contributed by atoms with van der Waals surface area (Å²) < 4.78 is 0. The second-order valence-corrected chi connectivity index (χ2v) is 3.92. The molecule has 0 saturated carbocycles. The lowest BCUT2D eigenvalue weighted by Crippen LogP contribution is -2.35. The normalized spacial score (nSPS) is 27.4. The first-order valence-electron chi connectivity index (χ1n) is 5.42. The molecule has 0 bridgehead atoms. The predicted molar refractivity (Wildman–Crippen MR) is 63.3 cm³/mol. The van der Waals surface area contributed by atoms with Gasteiger partial charge in [-0.25, -0.2) is 0 Å². The smallest absolute Gasteiger partial charge is 0.0166 e. The van der Waals surface area contributed by atoms with Crippen molar-refractivity contribution in [1.29, 1.82) is 0 Å². The molecule has 78 valence electrons. The van der Waals surface area contributed by atoms with Crippen LogP contribution in [0.1, 0.15) is 25.7 Å². The van der Waals surface area contributed by atoms with Crippen LogP contribution in [0.25, 0.3) is 0 Å². The van der Waals surface area contributed by atoms with Gasteiger partial charge in [0, 0.05) is 18.6 Å². The summed E-state index contributed by atoms with van der Waals surface area (Å²) in [4.78, 5) is 2.54. The molecule has 1 rings (SSSR count). The van der Waals surface area contributed by atoms with Gasteiger partial charge in [0.1, 0.15) is 0 Å². The fourth-order valence-electron chi connectivity index (χ4n) is 2.35. The van der Waals surface area contributed by atoms with Gasteiger partial charge in [-0.1, -0.05) is 18.2 Å². The molecule has 1 heteroatoms. The Morgan fingerprint density at radius 3 is 1.79 bits per heavy atom. The molecule has 0 amide bonds. The van der Waals surface area contributed by atoms with Gasteiger partial charge in [-0.3, -0.25) is 4.90 Å². The average Bonchev–Trinajstić information content (AvgIpc) is 2.52. The monoisotopic (exact) mass is 191 g/mol. The number of rotatable bonds is 6. The Bertz CT molecular complexity index is 189. The van der Waals surface area contributed by atoms with E-state index in [9.17, 15) is 0 Å². The van der Waals surface area contributed by atoms with Gasteiger partial charge in [0.05, 0.1) is 0 Å². The molecule has 0 aromatic carbocycles. The van der Waals surface area contributed by atoms with E-state index in [1.165, 1.54) is 12.8 Å². The van der Waals surface area contributed by atoms with Crippen molar-refractivity contribution < 1.29 is 0 Å². The van der Waals surface area contributed by atoms with Gasteiger partial charge in [-0.15, -0.1) is 19.7 Å². The Hall–Kier alpha value is -0.820. The zero-order valence-electron chi connectivity index (χ0n) is 8.99. The molecule has 1 heterocycles. The van der Waals surface area contributed by atoms with Crippen LogP contribution in [0.3, 0.4) is 0 Å². The standard InChI is InChI=1S/C13H21N/c1-4-7-12-9-10-13(8-5-2)14(12)11-6-3/h4-6,12-13H,1-3,7-11H2. The van der Waals surface area contributed by atoms with Crippen molar-refractivity contribution >= 4 is 0 Å². The van der Waals surface area contributed by atoms with Gasteiger partial charge < -0.3 is 0 Å². The second kappa shape index (κ2) is 5.82. The first kappa shape index (κ1) is 11.3. The molecule has 1 nitrogen and oxygen atoms in total. The first-order valence-corrected chi connectivity index (χ1v) is 5.42. The van der Waals surface area contributed by atoms with Gasteiger partial charge in [-0.2, -0.15) is 0 Å². The molecule has 2 unspecified atom stereocenters. The quantitative estimate of drug-likeness (QED) is 0.583. The van der Waals surface area contributed by atoms with Crippen molar-refractivity contribution in [3.63, 3.8) is 0 Å². The summed E-state index contributed by atoms with van der Waals surface area (Å²) in [5.41, 5.74) is 0. The minimum absolute atomic E-state index is 0.676. The molecule has 0 radical (unpaired) electrons. The van der Waals surface area contributed by atoms with Crippen molar-refractivity contribution in [2.75, 3.05) is 6.54 Å². The summed E-state index contributed by atoms with van der Waals surface area (Å²) >= 11 is 0. The highest BCUT2D eigenvalue weighted by Gasteiger charge is 2.30. The second-order valence-electron chi connectivity index (χ2n) is 3.92. The van der Waals surface area contributed by atoms with Crippen LogP contribution in [0.2, 0.25) is 0 Å². The van der Waals surface area contributed by atoms with Crippen LogP contribution < -0.4 is 0 Å². The van der Waals surface area contributed by atoms with E-state index in [0.29, 0.717) is 12.1 Å². The zero-order valence-corrected chi connectivity index (χ0v) is 8.99. The van der Waals surface area contributed by atoms with Crippen LogP contribution in [0.15, 0.2) is 38.0 Å². The van der Waals surface area contributed by atoms with Crippen LogP contribution in [0.4, 0.5) is 0 Å². The van der Waals surface area contributed by atoms with Gasteiger partial charge in [-0.05, 0) is 25.7 Å². The van der Waals surface area contributed by atoms with Crippen LogP contribution in [-0.4, -0.2) is 23.5 Å². The minimum atomic E-state index is 0.676. The number of hydrogen-bond donors (Lipinski definition) is 0. The zero-order chi connectivity index (χ0) is 10.4. The molecule has 0 aromatic rings. The highest BCUT2D eigenvalue weighted by molar-refractivity contribution is 4.95. The van der Waals surface area contributed by atoms with Gasteiger partial charge in [0.15, 0.2) is 0 Å². The number of nitrogens with zero attached hydrogens (tertiary/aromatic N) is 1. The van der Waals surface area contributed by atoms with E-state index in [1.54, 1.807) is 0 Å². The molecule has 1 fully saturated rings. The molecule has 1 saturated heterocycles. The van der Waals surface area contributed by atoms with Crippen molar-refractivity contribution in [1.82, 2.24) is 4.90 Å². The van der Waals surface area contributed by atoms with E-state index in [1.807, 2.05) is 18.2 Å². The third kappa shape index (κ3) is 2.58. The third-order valence-electron chi connectivity index (χ3n) is 2.99. The maximum Gasteiger partial charge on any atom is 0.0166 e. The lowest BCUT2D eigenvalue weighted by Gasteiger charge is -2.27. The molecule has 0 N–H and O–H groups in total. The molecular weight excluding hydrogens is 170 g/mol. The Morgan fingerprint density at radius 2 is 1.43 bits per heavy atom. The largest absolute Gasteiger partial charge is 0.293 e. The maximum absolute atomic E-state index is 3.82. The Morgan fingerprint density at radius 1 is 0.929 bits per heavy atom. The molecule has 0 aromatic heterocycles. The first-order chi connectivity index (χ1) is 6.83. The van der Waals surface area contributed by atoms with Crippen molar-refractivity contribution in [2.24, 2.45) is 0 Å². The maximum atomic E-state index is 3.82. The molecule has 1 aliphatic rings. The highest BCUT2D eigenvalue weighted by Crippen LogP contribution is 2.28. The number of likely N-dealkylation sites (tertiary alicyclic amines) is 1. The van der Waals surface area contributed by atoms with E-state index < -0.39 is 0 Å². The summed E-state index contributed by atoms with van der Waals surface area (Å²) in [6.45, 7) is 12.5. The Labute approximate surface area is 87.8 Å². The summed E-state index contributed by atoms with van der Waals surface area (Å²) in [6.07, 6.45) is 10.8. The van der Waals surface area contributed by atoms with Crippen molar-refractivity contribution in [2.45, 2.75) is 37.8 Å². The van der Waals surface area contributed by atoms with Gasteiger partial charge >= 0.3 is 0 Å². The van der Waals surface area contributed by atoms with E-state index in [0.717, 1.165) is 19.4 Å². The van der Waals surface area contributed by atoms with Crippen LogP contribution in [-0.2, 0) is 0 Å². The van der Waals surface area contributed by atoms with Gasteiger partial charge in [0.25, 0.3) is 0 Å². The van der Waals surface area contributed by atoms with E-state index >= 15 is 0 Å². The molecular formula is C13H21N. The van der Waals surface area contributed by atoms with E-state index in [-0.39, 0.29) is 0 Å². The molecule has 0 aliphatic carbocycles. The summed E-state index contributed by atoms with van der Waals surface area (Å²) in [7, 11) is 0. The van der Waals surface area contributed by atoms with Crippen LogP contribution >= 0.6 is 0 Å². The Balaban J connectivity index is 2.57. The fourth-order valence-corrected chi connectivity index (χ4v) is 2.35.